The van der Waals surface area contributed by atoms with E-state index in [9.17, 15) is 5.11 Å². The topological polar surface area (TPSA) is 32.3 Å². The first-order valence-corrected chi connectivity index (χ1v) is 12.8. The molecule has 0 saturated heterocycles. The van der Waals surface area contributed by atoms with Gasteiger partial charge in [0.2, 0.25) is 0 Å². The van der Waals surface area contributed by atoms with Gasteiger partial charge in [-0.3, -0.25) is 0 Å². The monoisotopic (exact) mass is 329 g/mol. The van der Waals surface area contributed by atoms with Gasteiger partial charge in [0, 0.05) is 12.1 Å². The molecule has 3 heteroatoms. The molecule has 2 N–H and O–H groups in total. The van der Waals surface area contributed by atoms with Crippen LogP contribution in [0.2, 0.25) is 19.6 Å². The third kappa shape index (κ3) is 3.03. The zero-order chi connectivity index (χ0) is 16.3. The van der Waals surface area contributed by atoms with Crippen LogP contribution in [0.15, 0.2) is 24.3 Å². The zero-order valence-corrected chi connectivity index (χ0v) is 15.9. The highest BCUT2D eigenvalue weighted by Crippen LogP contribution is 2.57. The van der Waals surface area contributed by atoms with E-state index in [2.05, 4.69) is 49.2 Å². The number of nitrogens with one attached hydrogen (secondary N) is 1. The van der Waals surface area contributed by atoms with E-state index in [-0.39, 0.29) is 11.1 Å². The lowest BCUT2D eigenvalue weighted by molar-refractivity contribution is -0.142. The lowest BCUT2D eigenvalue weighted by Gasteiger charge is -2.60. The molecular weight excluding hydrogens is 298 g/mol. The smallest absolute Gasteiger partial charge is 0.0775 e. The molecule has 2 atom stereocenters. The third-order valence-electron chi connectivity index (χ3n) is 6.52. The Labute approximate surface area is 141 Å². The second kappa shape index (κ2) is 5.17. The molecule has 5 rings (SSSR count). The molecular formula is C20H31NOSi. The quantitative estimate of drug-likeness (QED) is 0.830. The molecule has 4 saturated carbocycles. The summed E-state index contributed by atoms with van der Waals surface area (Å²) in [6, 6.07) is 9.26. The molecule has 0 radical (unpaired) electrons. The van der Waals surface area contributed by atoms with Crippen molar-refractivity contribution in [2.75, 3.05) is 0 Å². The average molecular weight is 330 g/mol. The minimum absolute atomic E-state index is 0.205. The normalized spacial score (nSPS) is 39.0. The van der Waals surface area contributed by atoms with Crippen molar-refractivity contribution < 1.29 is 5.11 Å². The second-order valence-corrected chi connectivity index (χ2v) is 14.8. The van der Waals surface area contributed by atoms with E-state index in [4.69, 9.17) is 0 Å². The Morgan fingerprint density at radius 3 is 2.17 bits per heavy atom. The predicted molar refractivity (Wildman–Crippen MR) is 98.6 cm³/mol. The Morgan fingerprint density at radius 1 is 1.04 bits per heavy atom. The summed E-state index contributed by atoms with van der Waals surface area (Å²) >= 11 is 0. The SMILES string of the molecule is C[Si](C)(C)c1ccc(CNC23CC4CC(CC(O)(C4)C2)C3)cc1. The summed E-state index contributed by atoms with van der Waals surface area (Å²) in [5.74, 6) is 1.51. The van der Waals surface area contributed by atoms with Crippen molar-refractivity contribution in [3.05, 3.63) is 29.8 Å². The van der Waals surface area contributed by atoms with Crippen molar-refractivity contribution in [3.63, 3.8) is 0 Å². The lowest BCUT2D eigenvalue weighted by Crippen LogP contribution is -2.64. The van der Waals surface area contributed by atoms with Gasteiger partial charge >= 0.3 is 0 Å². The number of rotatable bonds is 4. The largest absolute Gasteiger partial charge is 0.390 e. The van der Waals surface area contributed by atoms with Crippen molar-refractivity contribution in [1.29, 1.82) is 0 Å². The van der Waals surface area contributed by atoms with Crippen molar-refractivity contribution >= 4 is 13.3 Å². The van der Waals surface area contributed by atoms with Crippen molar-refractivity contribution in [2.24, 2.45) is 11.8 Å². The van der Waals surface area contributed by atoms with Gasteiger partial charge in [-0.25, -0.2) is 0 Å². The second-order valence-electron chi connectivity index (χ2n) is 9.77. The van der Waals surface area contributed by atoms with Crippen molar-refractivity contribution in [3.8, 4) is 0 Å². The summed E-state index contributed by atoms with van der Waals surface area (Å²) in [5, 5.41) is 16.3. The first-order valence-electron chi connectivity index (χ1n) is 9.32. The van der Waals surface area contributed by atoms with Crippen LogP contribution in [0.4, 0.5) is 0 Å². The Morgan fingerprint density at radius 2 is 1.65 bits per heavy atom. The molecule has 1 aromatic rings. The molecule has 0 amide bonds. The summed E-state index contributed by atoms with van der Waals surface area (Å²) in [5.41, 5.74) is 1.23. The average Bonchev–Trinajstić information content (AvgIpc) is 2.42. The highest BCUT2D eigenvalue weighted by atomic mass is 28.3. The van der Waals surface area contributed by atoms with Crippen LogP contribution in [0, 0.1) is 11.8 Å². The lowest BCUT2D eigenvalue weighted by atomic mass is 9.51. The van der Waals surface area contributed by atoms with E-state index in [0.717, 1.165) is 37.6 Å². The Balaban J connectivity index is 1.45. The number of hydrogen-bond acceptors (Lipinski definition) is 2. The van der Waals surface area contributed by atoms with Gasteiger partial charge in [-0.15, -0.1) is 0 Å². The number of hydrogen-bond donors (Lipinski definition) is 2. The van der Waals surface area contributed by atoms with Crippen molar-refractivity contribution in [2.45, 2.75) is 75.9 Å². The molecule has 0 heterocycles. The van der Waals surface area contributed by atoms with Crippen molar-refractivity contribution in [1.82, 2.24) is 5.32 Å². The molecule has 4 fully saturated rings. The highest BCUT2D eigenvalue weighted by Gasteiger charge is 2.56. The number of benzene rings is 1. The number of aliphatic hydroxyl groups is 1. The van der Waals surface area contributed by atoms with Gasteiger partial charge in [-0.05, 0) is 55.9 Å². The van der Waals surface area contributed by atoms with Gasteiger partial charge in [-0.2, -0.15) is 0 Å². The van der Waals surface area contributed by atoms with Gasteiger partial charge in [0.05, 0.1) is 13.7 Å². The summed E-state index contributed by atoms with van der Waals surface area (Å²) in [6.45, 7) is 8.14. The third-order valence-corrected chi connectivity index (χ3v) is 8.58. The molecule has 0 aromatic heterocycles. The molecule has 2 unspecified atom stereocenters. The van der Waals surface area contributed by atoms with Crippen LogP contribution in [0.1, 0.15) is 44.1 Å². The Kier molecular flexibility index (Phi) is 3.57. The fourth-order valence-electron chi connectivity index (χ4n) is 5.83. The fraction of sp³-hybridized carbons (Fsp3) is 0.700. The van der Waals surface area contributed by atoms with Gasteiger partial charge in [-0.1, -0.05) is 49.1 Å². The predicted octanol–water partition coefficient (Wildman–Crippen LogP) is 3.41. The molecule has 4 aliphatic rings. The van der Waals surface area contributed by atoms with Gasteiger partial charge < -0.3 is 10.4 Å². The molecule has 4 aliphatic carbocycles. The van der Waals surface area contributed by atoms with Crippen LogP contribution >= 0.6 is 0 Å². The molecule has 2 nitrogen and oxygen atoms in total. The maximum absolute atomic E-state index is 10.9. The summed E-state index contributed by atoms with van der Waals surface area (Å²) in [4.78, 5) is 0. The Hall–Kier alpha value is -0.643. The summed E-state index contributed by atoms with van der Waals surface area (Å²) in [6.07, 6.45) is 6.99. The van der Waals surface area contributed by atoms with Crippen LogP contribution in [-0.4, -0.2) is 24.3 Å². The minimum atomic E-state index is -1.20. The molecule has 0 spiro atoms. The van der Waals surface area contributed by atoms with Gasteiger partial charge in [0.15, 0.2) is 0 Å². The van der Waals surface area contributed by atoms with E-state index < -0.39 is 8.07 Å². The zero-order valence-electron chi connectivity index (χ0n) is 14.9. The molecule has 0 aliphatic heterocycles. The van der Waals surface area contributed by atoms with E-state index in [0.29, 0.717) is 0 Å². The van der Waals surface area contributed by atoms with E-state index >= 15 is 0 Å². The van der Waals surface area contributed by atoms with Crippen LogP contribution in [0.25, 0.3) is 0 Å². The molecule has 1 aromatic carbocycles. The fourth-order valence-corrected chi connectivity index (χ4v) is 7.00. The summed E-state index contributed by atoms with van der Waals surface area (Å²) in [7, 11) is -1.20. The highest BCUT2D eigenvalue weighted by molar-refractivity contribution is 6.88. The minimum Gasteiger partial charge on any atom is -0.390 e. The van der Waals surface area contributed by atoms with Crippen LogP contribution in [0.3, 0.4) is 0 Å². The van der Waals surface area contributed by atoms with Crippen LogP contribution in [-0.2, 0) is 6.54 Å². The van der Waals surface area contributed by atoms with Gasteiger partial charge in [0.25, 0.3) is 0 Å². The Bertz CT molecular complexity index is 575. The molecule has 126 valence electrons. The summed E-state index contributed by atoms with van der Waals surface area (Å²) < 4.78 is 0. The standard InChI is InChI=1S/C20H31NOSi/c1-23(2,3)18-6-4-15(5-7-18)13-21-19-9-16-8-17(10-19)12-20(22,11-16)14-19/h4-7,16-17,21-22H,8-14H2,1-3H3. The van der Waals surface area contributed by atoms with E-state index in [1.54, 1.807) is 0 Å². The van der Waals surface area contributed by atoms with E-state index in [1.165, 1.54) is 30.0 Å². The van der Waals surface area contributed by atoms with E-state index in [1.807, 2.05) is 0 Å². The maximum atomic E-state index is 10.9. The first-order chi connectivity index (χ1) is 10.8. The molecule has 23 heavy (non-hydrogen) atoms. The van der Waals surface area contributed by atoms with Gasteiger partial charge in [0.1, 0.15) is 0 Å². The molecule has 4 bridgehead atoms. The van der Waals surface area contributed by atoms with Crippen LogP contribution in [0.5, 0.6) is 0 Å². The maximum Gasteiger partial charge on any atom is 0.0775 e. The first kappa shape index (κ1) is 15.9. The van der Waals surface area contributed by atoms with Crippen LogP contribution < -0.4 is 10.5 Å².